The van der Waals surface area contributed by atoms with Crippen LogP contribution in [-0.2, 0) is 38.8 Å². The lowest BCUT2D eigenvalue weighted by Crippen LogP contribution is -2.62. The van der Waals surface area contributed by atoms with E-state index in [4.69, 9.17) is 23.7 Å². The summed E-state index contributed by atoms with van der Waals surface area (Å²) in [5.41, 5.74) is 4.06. The Labute approximate surface area is 235 Å². The lowest BCUT2D eigenvalue weighted by Gasteiger charge is -2.45. The molecule has 0 saturated carbocycles. The molecule has 1 aliphatic heterocycles. The standard InChI is InChI=1S/C34H35FO5/c1-25-17-19-29(20-18-25)39-34-33(38-24-28-15-9-4-10-16-28)32(37-23-27-13-7-3-8-14-27)31(30(21-35)40-34)36-22-26-11-5-2-6-12-26/h2-20,30-34H,21-24H2,1H3/t30?,31-,32?,33?,34+/m1/s1. The molecule has 0 N–H and O–H groups in total. The summed E-state index contributed by atoms with van der Waals surface area (Å²) in [6, 6.07) is 37.2. The van der Waals surface area contributed by atoms with Gasteiger partial charge in [-0.25, -0.2) is 4.39 Å². The van der Waals surface area contributed by atoms with Crippen molar-refractivity contribution in [2.24, 2.45) is 0 Å². The van der Waals surface area contributed by atoms with E-state index < -0.39 is 37.4 Å². The van der Waals surface area contributed by atoms with E-state index in [-0.39, 0.29) is 6.61 Å². The van der Waals surface area contributed by atoms with Crippen molar-refractivity contribution >= 4 is 0 Å². The van der Waals surface area contributed by atoms with Crippen LogP contribution in [0.1, 0.15) is 22.3 Å². The second kappa shape index (κ2) is 14.2. The third kappa shape index (κ3) is 7.55. The van der Waals surface area contributed by atoms with Gasteiger partial charge >= 0.3 is 0 Å². The zero-order chi connectivity index (χ0) is 27.6. The Bertz CT molecular complexity index is 1270. The number of ether oxygens (including phenoxy) is 5. The number of benzene rings is 4. The van der Waals surface area contributed by atoms with Crippen molar-refractivity contribution in [3.8, 4) is 5.75 Å². The van der Waals surface area contributed by atoms with Gasteiger partial charge in [0.15, 0.2) is 0 Å². The largest absolute Gasteiger partial charge is 0.462 e. The molecule has 40 heavy (non-hydrogen) atoms. The molecule has 4 aromatic rings. The van der Waals surface area contributed by atoms with Crippen LogP contribution in [0.4, 0.5) is 4.39 Å². The van der Waals surface area contributed by atoms with Gasteiger partial charge in [0, 0.05) is 0 Å². The van der Waals surface area contributed by atoms with Crippen LogP contribution in [0.15, 0.2) is 115 Å². The van der Waals surface area contributed by atoms with E-state index in [2.05, 4.69) is 0 Å². The van der Waals surface area contributed by atoms with Crippen molar-refractivity contribution < 1.29 is 28.1 Å². The van der Waals surface area contributed by atoms with Crippen LogP contribution >= 0.6 is 0 Å². The average molecular weight is 543 g/mol. The van der Waals surface area contributed by atoms with Gasteiger partial charge in [-0.2, -0.15) is 0 Å². The smallest absolute Gasteiger partial charge is 0.229 e. The van der Waals surface area contributed by atoms with E-state index in [1.54, 1.807) is 0 Å². The molecule has 1 fully saturated rings. The van der Waals surface area contributed by atoms with Crippen molar-refractivity contribution in [1.82, 2.24) is 0 Å². The van der Waals surface area contributed by atoms with E-state index in [1.165, 1.54) is 0 Å². The van der Waals surface area contributed by atoms with Gasteiger partial charge < -0.3 is 23.7 Å². The normalized spacial score (nSPS) is 22.6. The van der Waals surface area contributed by atoms with E-state index in [0.717, 1.165) is 22.3 Å². The molecule has 6 heteroatoms. The molecule has 0 bridgehead atoms. The first kappa shape index (κ1) is 28.0. The van der Waals surface area contributed by atoms with Crippen molar-refractivity contribution in [1.29, 1.82) is 0 Å². The molecule has 5 nitrogen and oxygen atoms in total. The Morgan fingerprint density at radius 1 is 0.575 bits per heavy atom. The van der Waals surface area contributed by atoms with Gasteiger partial charge in [0.05, 0.1) is 19.8 Å². The molecular weight excluding hydrogens is 507 g/mol. The number of rotatable bonds is 12. The Morgan fingerprint density at radius 3 is 1.50 bits per heavy atom. The van der Waals surface area contributed by atoms with Gasteiger partial charge in [0.2, 0.25) is 6.29 Å². The summed E-state index contributed by atoms with van der Waals surface area (Å²) < 4.78 is 46.4. The molecule has 208 valence electrons. The highest BCUT2D eigenvalue weighted by Crippen LogP contribution is 2.32. The molecule has 1 heterocycles. The molecule has 0 spiro atoms. The quantitative estimate of drug-likeness (QED) is 0.197. The van der Waals surface area contributed by atoms with Gasteiger partial charge in [-0.15, -0.1) is 0 Å². The zero-order valence-corrected chi connectivity index (χ0v) is 22.6. The first-order valence-corrected chi connectivity index (χ1v) is 13.6. The highest BCUT2D eigenvalue weighted by Gasteiger charge is 2.49. The summed E-state index contributed by atoms with van der Waals surface area (Å²) >= 11 is 0. The van der Waals surface area contributed by atoms with Crippen molar-refractivity contribution in [3.05, 3.63) is 138 Å². The van der Waals surface area contributed by atoms with Crippen LogP contribution in [0.2, 0.25) is 0 Å². The molecule has 3 unspecified atom stereocenters. The van der Waals surface area contributed by atoms with Gasteiger partial charge in [-0.3, -0.25) is 0 Å². The Hall–Kier alpha value is -3.55. The maximum Gasteiger partial charge on any atom is 0.229 e. The third-order valence-corrected chi connectivity index (χ3v) is 6.87. The number of aryl methyl sites for hydroxylation is 1. The first-order valence-electron chi connectivity index (χ1n) is 13.6. The molecule has 1 aliphatic rings. The maximum atomic E-state index is 14.6. The first-order chi connectivity index (χ1) is 19.7. The van der Waals surface area contributed by atoms with Crippen molar-refractivity contribution in [3.63, 3.8) is 0 Å². The fourth-order valence-electron chi connectivity index (χ4n) is 4.72. The Morgan fingerprint density at radius 2 is 1.02 bits per heavy atom. The summed E-state index contributed by atoms with van der Waals surface area (Å²) in [5.74, 6) is 0.604. The molecule has 4 aromatic carbocycles. The minimum absolute atomic E-state index is 0.283. The second-order valence-electron chi connectivity index (χ2n) is 9.91. The number of halogens is 1. The number of alkyl halides is 1. The summed E-state index contributed by atoms with van der Waals surface area (Å²) in [6.07, 6.45) is -3.92. The van der Waals surface area contributed by atoms with Gasteiger partial charge in [0.1, 0.15) is 36.8 Å². The van der Waals surface area contributed by atoms with E-state index >= 15 is 0 Å². The van der Waals surface area contributed by atoms with E-state index in [0.29, 0.717) is 19.0 Å². The van der Waals surface area contributed by atoms with Crippen LogP contribution in [-0.4, -0.2) is 37.4 Å². The maximum absolute atomic E-state index is 14.6. The highest BCUT2D eigenvalue weighted by molar-refractivity contribution is 5.26. The molecule has 1 saturated heterocycles. The van der Waals surface area contributed by atoms with Gasteiger partial charge in [-0.1, -0.05) is 109 Å². The van der Waals surface area contributed by atoms with Crippen molar-refractivity contribution in [2.45, 2.75) is 57.5 Å². The topological polar surface area (TPSA) is 46.2 Å². The summed E-state index contributed by atoms with van der Waals surface area (Å²) in [5, 5.41) is 0. The van der Waals surface area contributed by atoms with Gasteiger partial charge in [-0.05, 0) is 35.7 Å². The molecule has 0 aromatic heterocycles. The Balaban J connectivity index is 1.44. The lowest BCUT2D eigenvalue weighted by molar-refractivity contribution is -0.305. The monoisotopic (exact) mass is 542 g/mol. The highest BCUT2D eigenvalue weighted by atomic mass is 19.1. The molecule has 0 amide bonds. The summed E-state index contributed by atoms with van der Waals surface area (Å²) in [6.45, 7) is 2.14. The zero-order valence-electron chi connectivity index (χ0n) is 22.6. The van der Waals surface area contributed by atoms with Gasteiger partial charge in [0.25, 0.3) is 0 Å². The second-order valence-corrected chi connectivity index (χ2v) is 9.91. The number of hydrogen-bond donors (Lipinski definition) is 0. The molecular formula is C34H35FO5. The van der Waals surface area contributed by atoms with Crippen LogP contribution in [0.3, 0.4) is 0 Å². The van der Waals surface area contributed by atoms with Crippen LogP contribution < -0.4 is 4.74 Å². The summed E-state index contributed by atoms with van der Waals surface area (Å²) in [4.78, 5) is 0. The summed E-state index contributed by atoms with van der Waals surface area (Å²) in [7, 11) is 0. The minimum atomic E-state index is -0.912. The fraction of sp³-hybridized carbons (Fsp3) is 0.294. The predicted octanol–water partition coefficient (Wildman–Crippen LogP) is 6.82. The number of hydrogen-bond acceptors (Lipinski definition) is 5. The minimum Gasteiger partial charge on any atom is -0.462 e. The predicted molar refractivity (Wildman–Crippen MR) is 151 cm³/mol. The molecule has 0 radical (unpaired) electrons. The van der Waals surface area contributed by atoms with Crippen LogP contribution in [0.25, 0.3) is 0 Å². The average Bonchev–Trinajstić information content (AvgIpc) is 3.01. The molecule has 5 atom stereocenters. The van der Waals surface area contributed by atoms with E-state index in [1.807, 2.05) is 122 Å². The van der Waals surface area contributed by atoms with Crippen LogP contribution in [0, 0.1) is 6.92 Å². The van der Waals surface area contributed by atoms with E-state index in [9.17, 15) is 4.39 Å². The lowest BCUT2D eigenvalue weighted by atomic mass is 9.98. The molecule has 5 rings (SSSR count). The fourth-order valence-corrected chi connectivity index (χ4v) is 4.72. The van der Waals surface area contributed by atoms with Crippen molar-refractivity contribution in [2.75, 3.05) is 6.67 Å². The third-order valence-electron chi connectivity index (χ3n) is 6.87. The van der Waals surface area contributed by atoms with Crippen LogP contribution in [0.5, 0.6) is 5.75 Å². The molecule has 0 aliphatic carbocycles. The SMILES string of the molecule is Cc1ccc(O[C@H]2OC(CF)[C@@H](OCc3ccccc3)C(OCc3ccccc3)C2OCc2ccccc2)cc1. The Kier molecular flexibility index (Phi) is 9.93.